The fraction of sp³-hybridized carbons (Fsp3) is 0.211. The lowest BCUT2D eigenvalue weighted by Gasteiger charge is -2.26. The van der Waals surface area contributed by atoms with E-state index in [1.165, 1.54) is 11.2 Å². The molecule has 0 spiro atoms. The quantitative estimate of drug-likeness (QED) is 0.775. The van der Waals surface area contributed by atoms with Crippen LogP contribution in [0.4, 0.5) is 5.82 Å². The number of amides is 2. The van der Waals surface area contributed by atoms with Crippen molar-refractivity contribution in [2.24, 2.45) is 0 Å². The molecular formula is C19H19N3O3. The minimum absolute atomic E-state index is 0.0629. The molecular weight excluding hydrogens is 318 g/mol. The van der Waals surface area contributed by atoms with Crippen molar-refractivity contribution in [1.82, 2.24) is 10.1 Å². The zero-order valence-electron chi connectivity index (χ0n) is 14.1. The fourth-order valence-electron chi connectivity index (χ4n) is 2.67. The summed E-state index contributed by atoms with van der Waals surface area (Å²) in [7, 11) is 0. The van der Waals surface area contributed by atoms with E-state index >= 15 is 0 Å². The summed E-state index contributed by atoms with van der Waals surface area (Å²) < 4.78 is 4.69. The lowest BCUT2D eigenvalue weighted by molar-refractivity contribution is -0.117. The zero-order chi connectivity index (χ0) is 17.8. The number of carbonyl (C=O) groups excluding carboxylic acids is 2. The second kappa shape index (κ2) is 7.17. The number of benzene rings is 2. The van der Waals surface area contributed by atoms with E-state index in [0.29, 0.717) is 11.4 Å². The third-order valence-electron chi connectivity index (χ3n) is 3.92. The summed E-state index contributed by atoms with van der Waals surface area (Å²) in [5.41, 5.74) is 0.584. The highest BCUT2D eigenvalue weighted by Crippen LogP contribution is 2.21. The standard InChI is InChI=1S/C19H19N3O3/c1-13(2)22(12-18(23)20-17-10-11-25-21-17)19(24)16-9-5-7-14-6-3-4-8-15(14)16/h3-11,13H,12H2,1-2H3,(H,20,21,23). The van der Waals surface area contributed by atoms with Gasteiger partial charge in [-0.2, -0.15) is 0 Å². The van der Waals surface area contributed by atoms with Gasteiger partial charge >= 0.3 is 0 Å². The second-order valence-electron chi connectivity index (χ2n) is 5.99. The van der Waals surface area contributed by atoms with E-state index in [1.807, 2.05) is 50.2 Å². The smallest absolute Gasteiger partial charge is 0.255 e. The Hall–Kier alpha value is -3.15. The highest BCUT2D eigenvalue weighted by atomic mass is 16.5. The maximum absolute atomic E-state index is 13.1. The molecule has 1 aromatic heterocycles. The van der Waals surface area contributed by atoms with Crippen molar-refractivity contribution in [3.05, 3.63) is 60.4 Å². The Morgan fingerprint density at radius 1 is 1.12 bits per heavy atom. The monoisotopic (exact) mass is 337 g/mol. The maximum Gasteiger partial charge on any atom is 0.255 e. The van der Waals surface area contributed by atoms with Gasteiger partial charge in [-0.05, 0) is 30.7 Å². The Balaban J connectivity index is 1.84. The minimum atomic E-state index is -0.323. The molecule has 0 bridgehead atoms. The van der Waals surface area contributed by atoms with Crippen LogP contribution in [-0.4, -0.2) is 34.5 Å². The molecule has 0 fully saturated rings. The minimum Gasteiger partial charge on any atom is -0.363 e. The molecule has 3 rings (SSSR count). The van der Waals surface area contributed by atoms with Crippen LogP contribution in [-0.2, 0) is 4.79 Å². The summed E-state index contributed by atoms with van der Waals surface area (Å²) in [5, 5.41) is 8.12. The predicted molar refractivity (Wildman–Crippen MR) is 95.3 cm³/mol. The van der Waals surface area contributed by atoms with Crippen molar-refractivity contribution < 1.29 is 14.1 Å². The first-order chi connectivity index (χ1) is 12.1. The van der Waals surface area contributed by atoms with E-state index in [0.717, 1.165) is 10.8 Å². The zero-order valence-corrected chi connectivity index (χ0v) is 14.1. The van der Waals surface area contributed by atoms with Gasteiger partial charge in [0, 0.05) is 17.7 Å². The molecule has 128 valence electrons. The van der Waals surface area contributed by atoms with Crippen LogP contribution in [0.1, 0.15) is 24.2 Å². The third-order valence-corrected chi connectivity index (χ3v) is 3.92. The Morgan fingerprint density at radius 3 is 2.60 bits per heavy atom. The Bertz CT molecular complexity index is 883. The number of fused-ring (bicyclic) bond motifs is 1. The van der Waals surface area contributed by atoms with Crippen LogP contribution in [0.5, 0.6) is 0 Å². The molecule has 0 radical (unpaired) electrons. The summed E-state index contributed by atoms with van der Waals surface area (Å²) in [6, 6.07) is 14.7. The summed E-state index contributed by atoms with van der Waals surface area (Å²) in [6.45, 7) is 3.70. The Labute approximate surface area is 145 Å². The maximum atomic E-state index is 13.1. The molecule has 0 saturated carbocycles. The van der Waals surface area contributed by atoms with Crippen molar-refractivity contribution in [2.45, 2.75) is 19.9 Å². The van der Waals surface area contributed by atoms with Gasteiger partial charge in [0.1, 0.15) is 12.8 Å². The average Bonchev–Trinajstić information content (AvgIpc) is 3.11. The van der Waals surface area contributed by atoms with Gasteiger partial charge < -0.3 is 14.7 Å². The van der Waals surface area contributed by atoms with Crippen LogP contribution in [0, 0.1) is 0 Å². The Kier molecular flexibility index (Phi) is 4.79. The highest BCUT2D eigenvalue weighted by molar-refractivity contribution is 6.08. The molecule has 1 heterocycles. The molecule has 6 nitrogen and oxygen atoms in total. The summed E-state index contributed by atoms with van der Waals surface area (Å²) >= 11 is 0. The molecule has 2 amide bonds. The number of anilines is 1. The molecule has 0 aliphatic rings. The van der Waals surface area contributed by atoms with E-state index in [-0.39, 0.29) is 24.4 Å². The lowest BCUT2D eigenvalue weighted by atomic mass is 10.0. The summed E-state index contributed by atoms with van der Waals surface area (Å²) in [6.07, 6.45) is 1.37. The molecule has 0 unspecified atom stereocenters. The van der Waals surface area contributed by atoms with Gasteiger partial charge in [-0.25, -0.2) is 0 Å². The number of nitrogens with zero attached hydrogens (tertiary/aromatic N) is 2. The van der Waals surface area contributed by atoms with Crippen molar-refractivity contribution in [2.75, 3.05) is 11.9 Å². The largest absolute Gasteiger partial charge is 0.363 e. The van der Waals surface area contributed by atoms with E-state index in [2.05, 4.69) is 15.0 Å². The first kappa shape index (κ1) is 16.7. The molecule has 0 atom stereocenters. The van der Waals surface area contributed by atoms with Crippen LogP contribution in [0.25, 0.3) is 10.8 Å². The van der Waals surface area contributed by atoms with E-state index < -0.39 is 0 Å². The molecule has 3 aromatic rings. The predicted octanol–water partition coefficient (Wildman–Crippen LogP) is 3.32. The van der Waals surface area contributed by atoms with Gasteiger partial charge in [-0.3, -0.25) is 9.59 Å². The van der Waals surface area contributed by atoms with Crippen molar-refractivity contribution in [1.29, 1.82) is 0 Å². The topological polar surface area (TPSA) is 75.4 Å². The number of aromatic nitrogens is 1. The molecule has 25 heavy (non-hydrogen) atoms. The fourth-order valence-corrected chi connectivity index (χ4v) is 2.67. The normalized spacial score (nSPS) is 10.8. The number of hydrogen-bond donors (Lipinski definition) is 1. The second-order valence-corrected chi connectivity index (χ2v) is 5.99. The van der Waals surface area contributed by atoms with Crippen LogP contribution >= 0.6 is 0 Å². The number of hydrogen-bond acceptors (Lipinski definition) is 4. The lowest BCUT2D eigenvalue weighted by Crippen LogP contribution is -2.42. The Morgan fingerprint density at radius 2 is 1.88 bits per heavy atom. The first-order valence-electron chi connectivity index (χ1n) is 8.05. The van der Waals surface area contributed by atoms with Crippen LogP contribution < -0.4 is 5.32 Å². The molecule has 0 aliphatic carbocycles. The van der Waals surface area contributed by atoms with Crippen LogP contribution in [0.2, 0.25) is 0 Å². The molecule has 0 aliphatic heterocycles. The van der Waals surface area contributed by atoms with E-state index in [4.69, 9.17) is 0 Å². The van der Waals surface area contributed by atoms with Crippen molar-refractivity contribution in [3.8, 4) is 0 Å². The number of rotatable bonds is 5. The summed E-state index contributed by atoms with van der Waals surface area (Å²) in [4.78, 5) is 26.8. The van der Waals surface area contributed by atoms with Gasteiger partial charge in [0.05, 0.1) is 0 Å². The van der Waals surface area contributed by atoms with Crippen molar-refractivity contribution in [3.63, 3.8) is 0 Å². The van der Waals surface area contributed by atoms with Gasteiger partial charge in [0.25, 0.3) is 5.91 Å². The molecule has 2 aromatic carbocycles. The number of nitrogens with one attached hydrogen (secondary N) is 1. The first-order valence-corrected chi connectivity index (χ1v) is 8.05. The van der Waals surface area contributed by atoms with Gasteiger partial charge in [0.15, 0.2) is 5.82 Å². The van der Waals surface area contributed by atoms with Gasteiger partial charge in [-0.15, -0.1) is 0 Å². The van der Waals surface area contributed by atoms with Crippen LogP contribution in [0.15, 0.2) is 59.3 Å². The van der Waals surface area contributed by atoms with Gasteiger partial charge in [-0.1, -0.05) is 41.6 Å². The summed E-state index contributed by atoms with van der Waals surface area (Å²) in [5.74, 6) is -0.176. The number of carbonyl (C=O) groups is 2. The van der Waals surface area contributed by atoms with Crippen molar-refractivity contribution >= 4 is 28.4 Å². The third kappa shape index (κ3) is 3.68. The average molecular weight is 337 g/mol. The molecule has 1 N–H and O–H groups in total. The molecule has 0 saturated heterocycles. The van der Waals surface area contributed by atoms with Crippen LogP contribution in [0.3, 0.4) is 0 Å². The van der Waals surface area contributed by atoms with Gasteiger partial charge in [0.2, 0.25) is 5.91 Å². The highest BCUT2D eigenvalue weighted by Gasteiger charge is 2.23. The SMILES string of the molecule is CC(C)N(CC(=O)Nc1ccon1)C(=O)c1cccc2ccccc12. The van der Waals surface area contributed by atoms with E-state index in [1.54, 1.807) is 12.1 Å². The molecule has 6 heteroatoms. The van der Waals surface area contributed by atoms with E-state index in [9.17, 15) is 9.59 Å².